The lowest BCUT2D eigenvalue weighted by molar-refractivity contribution is 0.141. The summed E-state index contributed by atoms with van der Waals surface area (Å²) in [5, 5.41) is 10.3. The zero-order chi connectivity index (χ0) is 9.31. The Morgan fingerprint density at radius 1 is 1.69 bits per heavy atom. The first-order valence-electron chi connectivity index (χ1n) is 4.43. The number of ether oxygens (including phenoxy) is 1. The third-order valence-corrected chi connectivity index (χ3v) is 3.39. The molecule has 0 amide bonds. The molecular formula is C9H13NO2S. The van der Waals surface area contributed by atoms with Crippen LogP contribution < -0.4 is 4.74 Å². The molecule has 0 unspecified atom stereocenters. The Bertz CT molecular complexity index is 294. The van der Waals surface area contributed by atoms with Crippen LogP contribution in [0.15, 0.2) is 6.20 Å². The lowest BCUT2D eigenvalue weighted by atomic mass is 10.1. The van der Waals surface area contributed by atoms with Crippen molar-refractivity contribution in [2.24, 2.45) is 0 Å². The van der Waals surface area contributed by atoms with Crippen LogP contribution in [0.2, 0.25) is 0 Å². The maximum absolute atomic E-state index is 9.61. The fourth-order valence-electron chi connectivity index (χ4n) is 1.25. The normalized spacial score (nSPS) is 18.6. The number of thiazole rings is 1. The molecule has 0 bridgehead atoms. The van der Waals surface area contributed by atoms with Crippen LogP contribution in [-0.2, 0) is 6.42 Å². The fourth-order valence-corrected chi connectivity index (χ4v) is 1.97. The van der Waals surface area contributed by atoms with Crippen LogP contribution in [-0.4, -0.2) is 22.8 Å². The summed E-state index contributed by atoms with van der Waals surface area (Å²) in [6.45, 7) is 0. The predicted octanol–water partition coefficient (Wildman–Crippen LogP) is 1.61. The highest BCUT2D eigenvalue weighted by molar-refractivity contribution is 7.13. The maximum Gasteiger partial charge on any atom is 0.273 e. The number of hydrogen-bond acceptors (Lipinski definition) is 4. The summed E-state index contributed by atoms with van der Waals surface area (Å²) in [6.07, 6.45) is 5.52. The summed E-state index contributed by atoms with van der Waals surface area (Å²) in [7, 11) is 1.62. The van der Waals surface area contributed by atoms with Crippen LogP contribution in [0, 0.1) is 0 Å². The largest absolute Gasteiger partial charge is 0.473 e. The molecule has 3 nitrogen and oxygen atoms in total. The molecule has 0 aromatic carbocycles. The minimum absolute atomic E-state index is 0.350. The first-order valence-corrected chi connectivity index (χ1v) is 5.25. The van der Waals surface area contributed by atoms with Crippen molar-refractivity contribution in [3.05, 3.63) is 11.1 Å². The van der Waals surface area contributed by atoms with Crippen LogP contribution in [0.4, 0.5) is 0 Å². The summed E-state index contributed by atoms with van der Waals surface area (Å²) in [6, 6.07) is 0. The summed E-state index contributed by atoms with van der Waals surface area (Å²) < 4.78 is 4.99. The van der Waals surface area contributed by atoms with Gasteiger partial charge in [0.1, 0.15) is 0 Å². The molecule has 72 valence electrons. The van der Waals surface area contributed by atoms with Gasteiger partial charge in [-0.05, 0) is 25.7 Å². The van der Waals surface area contributed by atoms with Gasteiger partial charge in [0.25, 0.3) is 5.19 Å². The van der Waals surface area contributed by atoms with E-state index < -0.39 is 0 Å². The summed E-state index contributed by atoms with van der Waals surface area (Å²) in [4.78, 5) is 5.26. The Labute approximate surface area is 81.4 Å². The van der Waals surface area contributed by atoms with E-state index in [1.807, 2.05) is 6.20 Å². The van der Waals surface area contributed by atoms with Crippen molar-refractivity contribution in [2.75, 3.05) is 7.11 Å². The van der Waals surface area contributed by atoms with Gasteiger partial charge in [0.2, 0.25) is 0 Å². The molecule has 1 saturated carbocycles. The lowest BCUT2D eigenvalue weighted by Crippen LogP contribution is -2.06. The Balaban J connectivity index is 1.87. The van der Waals surface area contributed by atoms with E-state index in [0.29, 0.717) is 5.19 Å². The van der Waals surface area contributed by atoms with E-state index in [2.05, 4.69) is 4.98 Å². The Kier molecular flexibility index (Phi) is 2.26. The van der Waals surface area contributed by atoms with Gasteiger partial charge >= 0.3 is 0 Å². The first kappa shape index (κ1) is 8.97. The number of aromatic nitrogens is 1. The summed E-state index contributed by atoms with van der Waals surface area (Å²) in [5.41, 5.74) is -0.350. The standard InChI is InChI=1S/C9H13NO2S/c1-12-8-10-6-7(13-8)2-3-9(11)4-5-9/h6,11H,2-5H2,1H3. The van der Waals surface area contributed by atoms with Gasteiger partial charge in [-0.2, -0.15) is 0 Å². The van der Waals surface area contributed by atoms with Crippen molar-refractivity contribution in [2.45, 2.75) is 31.3 Å². The Hall–Kier alpha value is -0.610. The fraction of sp³-hybridized carbons (Fsp3) is 0.667. The molecule has 1 aliphatic carbocycles. The van der Waals surface area contributed by atoms with Gasteiger partial charge in [-0.25, -0.2) is 4.98 Å². The zero-order valence-corrected chi connectivity index (χ0v) is 8.43. The van der Waals surface area contributed by atoms with Gasteiger partial charge in [-0.1, -0.05) is 11.3 Å². The second-order valence-electron chi connectivity index (χ2n) is 3.52. The van der Waals surface area contributed by atoms with Gasteiger partial charge in [-0.15, -0.1) is 0 Å². The van der Waals surface area contributed by atoms with E-state index in [-0.39, 0.29) is 5.60 Å². The zero-order valence-electron chi connectivity index (χ0n) is 7.62. The second-order valence-corrected chi connectivity index (χ2v) is 4.60. The molecular weight excluding hydrogens is 186 g/mol. The maximum atomic E-state index is 9.61. The molecule has 1 N–H and O–H groups in total. The lowest BCUT2D eigenvalue weighted by Gasteiger charge is -2.03. The summed E-state index contributed by atoms with van der Waals surface area (Å²) >= 11 is 1.56. The number of hydrogen-bond donors (Lipinski definition) is 1. The molecule has 13 heavy (non-hydrogen) atoms. The molecule has 0 aliphatic heterocycles. The monoisotopic (exact) mass is 199 g/mol. The van der Waals surface area contributed by atoms with Crippen LogP contribution in [0.5, 0.6) is 5.19 Å². The number of aryl methyl sites for hydroxylation is 1. The molecule has 2 rings (SSSR count). The van der Waals surface area contributed by atoms with Crippen molar-refractivity contribution in [3.63, 3.8) is 0 Å². The molecule has 0 spiro atoms. The van der Waals surface area contributed by atoms with Crippen molar-refractivity contribution in [1.82, 2.24) is 4.98 Å². The van der Waals surface area contributed by atoms with Crippen molar-refractivity contribution < 1.29 is 9.84 Å². The molecule has 1 aliphatic rings. The van der Waals surface area contributed by atoms with Gasteiger partial charge in [-0.3, -0.25) is 0 Å². The number of rotatable bonds is 4. The third kappa shape index (κ3) is 2.19. The number of aliphatic hydroxyl groups is 1. The van der Waals surface area contributed by atoms with Crippen molar-refractivity contribution >= 4 is 11.3 Å². The van der Waals surface area contributed by atoms with Gasteiger partial charge in [0.05, 0.1) is 12.7 Å². The number of nitrogens with zero attached hydrogens (tertiary/aromatic N) is 1. The second kappa shape index (κ2) is 3.27. The average molecular weight is 199 g/mol. The average Bonchev–Trinajstić information content (AvgIpc) is 2.69. The van der Waals surface area contributed by atoms with Crippen molar-refractivity contribution in [1.29, 1.82) is 0 Å². The van der Waals surface area contributed by atoms with Gasteiger partial charge in [0.15, 0.2) is 0 Å². The van der Waals surface area contributed by atoms with Gasteiger partial charge in [0, 0.05) is 11.1 Å². The third-order valence-electron chi connectivity index (χ3n) is 2.37. The molecule has 1 heterocycles. The van der Waals surface area contributed by atoms with Gasteiger partial charge < -0.3 is 9.84 Å². The minimum Gasteiger partial charge on any atom is -0.473 e. The van der Waals surface area contributed by atoms with E-state index in [0.717, 1.165) is 25.7 Å². The number of methoxy groups -OCH3 is 1. The van der Waals surface area contributed by atoms with E-state index in [4.69, 9.17) is 4.74 Å². The highest BCUT2D eigenvalue weighted by atomic mass is 32.1. The van der Waals surface area contributed by atoms with E-state index in [1.54, 1.807) is 18.4 Å². The molecule has 4 heteroatoms. The molecule has 1 fully saturated rings. The quantitative estimate of drug-likeness (QED) is 0.801. The van der Waals surface area contributed by atoms with E-state index >= 15 is 0 Å². The smallest absolute Gasteiger partial charge is 0.273 e. The Morgan fingerprint density at radius 2 is 2.46 bits per heavy atom. The minimum atomic E-state index is -0.350. The highest BCUT2D eigenvalue weighted by Gasteiger charge is 2.39. The van der Waals surface area contributed by atoms with Crippen LogP contribution in [0.25, 0.3) is 0 Å². The predicted molar refractivity (Wildman–Crippen MR) is 51.2 cm³/mol. The molecule has 0 radical (unpaired) electrons. The van der Waals surface area contributed by atoms with Crippen LogP contribution in [0.3, 0.4) is 0 Å². The van der Waals surface area contributed by atoms with E-state index in [1.165, 1.54) is 4.88 Å². The molecule has 0 atom stereocenters. The molecule has 1 aromatic rings. The van der Waals surface area contributed by atoms with Crippen molar-refractivity contribution in [3.8, 4) is 5.19 Å². The van der Waals surface area contributed by atoms with E-state index in [9.17, 15) is 5.11 Å². The summed E-state index contributed by atoms with van der Waals surface area (Å²) in [5.74, 6) is 0. The molecule has 1 aromatic heterocycles. The van der Waals surface area contributed by atoms with Crippen LogP contribution >= 0.6 is 11.3 Å². The first-order chi connectivity index (χ1) is 6.22. The SMILES string of the molecule is COc1ncc(CCC2(O)CC2)s1. The molecule has 0 saturated heterocycles. The topological polar surface area (TPSA) is 42.4 Å². The highest BCUT2D eigenvalue weighted by Crippen LogP contribution is 2.39. The Morgan fingerprint density at radius 3 is 3.00 bits per heavy atom. The van der Waals surface area contributed by atoms with Crippen LogP contribution in [0.1, 0.15) is 24.1 Å².